The van der Waals surface area contributed by atoms with Gasteiger partial charge in [0, 0.05) is 5.69 Å². The lowest BCUT2D eigenvalue weighted by Crippen LogP contribution is -2.49. The fourth-order valence-electron chi connectivity index (χ4n) is 3.46. The topological polar surface area (TPSA) is 75.7 Å². The van der Waals surface area contributed by atoms with Crippen molar-refractivity contribution in [3.8, 4) is 5.75 Å². The number of carbonyl (C=O) groups is 1. The van der Waals surface area contributed by atoms with Crippen LogP contribution in [-0.4, -0.2) is 27.0 Å². The zero-order valence-corrected chi connectivity index (χ0v) is 17.9. The van der Waals surface area contributed by atoms with Gasteiger partial charge in [0.15, 0.2) is 6.10 Å². The Morgan fingerprint density at radius 3 is 2.42 bits per heavy atom. The van der Waals surface area contributed by atoms with Gasteiger partial charge in [-0.05, 0) is 35.9 Å². The Labute approximate surface area is 188 Å². The molecular weight excluding hydrogens is 457 g/mol. The minimum absolute atomic E-state index is 0.0732. The maximum Gasteiger partial charge on any atom is 0.416 e. The van der Waals surface area contributed by atoms with Gasteiger partial charge in [0.2, 0.25) is 10.0 Å². The summed E-state index contributed by atoms with van der Waals surface area (Å²) < 4.78 is 72.2. The molecule has 1 heterocycles. The summed E-state index contributed by atoms with van der Waals surface area (Å²) in [5.41, 5.74) is -0.124. The summed E-state index contributed by atoms with van der Waals surface area (Å²) in [4.78, 5) is 12.8. The van der Waals surface area contributed by atoms with Crippen LogP contribution in [0.4, 0.5) is 24.5 Å². The first-order valence-corrected chi connectivity index (χ1v) is 11.5. The monoisotopic (exact) mass is 476 g/mol. The van der Waals surface area contributed by atoms with Gasteiger partial charge >= 0.3 is 6.18 Å². The van der Waals surface area contributed by atoms with E-state index < -0.39 is 33.8 Å². The van der Waals surface area contributed by atoms with Crippen LogP contribution in [0.15, 0.2) is 78.9 Å². The van der Waals surface area contributed by atoms with E-state index in [0.717, 1.165) is 16.4 Å². The van der Waals surface area contributed by atoms with E-state index in [2.05, 4.69) is 5.32 Å². The second-order valence-corrected chi connectivity index (χ2v) is 9.31. The molecule has 1 unspecified atom stereocenters. The van der Waals surface area contributed by atoms with Crippen molar-refractivity contribution in [1.29, 1.82) is 0 Å². The zero-order chi connectivity index (χ0) is 23.6. The number of halogens is 3. The number of nitrogens with zero attached hydrogens (tertiary/aromatic N) is 1. The number of para-hydroxylation sites is 2. The molecule has 33 heavy (non-hydrogen) atoms. The molecule has 1 atom stereocenters. The van der Waals surface area contributed by atoms with E-state index in [1.807, 2.05) is 0 Å². The molecule has 3 aromatic rings. The minimum atomic E-state index is -4.57. The second kappa shape index (κ2) is 8.78. The highest BCUT2D eigenvalue weighted by molar-refractivity contribution is 7.92. The van der Waals surface area contributed by atoms with Gasteiger partial charge in [-0.25, -0.2) is 8.42 Å². The van der Waals surface area contributed by atoms with E-state index in [1.54, 1.807) is 48.5 Å². The summed E-state index contributed by atoms with van der Waals surface area (Å²) in [7, 11) is -3.89. The average molecular weight is 476 g/mol. The molecule has 0 spiro atoms. The molecule has 0 saturated carbocycles. The Bertz CT molecular complexity index is 1260. The SMILES string of the molecule is O=C(Nc1cccc(C(F)(F)F)c1)C1CN(S(=O)(=O)Cc2ccccc2)c2ccccc2O1. The molecule has 6 nitrogen and oxygen atoms in total. The van der Waals surface area contributed by atoms with Crippen LogP contribution >= 0.6 is 0 Å². The summed E-state index contributed by atoms with van der Waals surface area (Å²) >= 11 is 0. The Hall–Kier alpha value is -3.53. The van der Waals surface area contributed by atoms with Gasteiger partial charge in [-0.2, -0.15) is 13.2 Å². The normalized spacial score (nSPS) is 16.0. The van der Waals surface area contributed by atoms with E-state index in [4.69, 9.17) is 4.74 Å². The van der Waals surface area contributed by atoms with Crippen LogP contribution in [-0.2, 0) is 26.7 Å². The average Bonchev–Trinajstić information content (AvgIpc) is 2.78. The van der Waals surface area contributed by atoms with Gasteiger partial charge in [-0.3, -0.25) is 9.10 Å². The maximum atomic E-state index is 13.2. The van der Waals surface area contributed by atoms with Crippen LogP contribution in [0.1, 0.15) is 11.1 Å². The summed E-state index contributed by atoms with van der Waals surface area (Å²) in [5.74, 6) is -0.863. The summed E-state index contributed by atoms with van der Waals surface area (Å²) in [6, 6.07) is 19.1. The van der Waals surface area contributed by atoms with Crippen LogP contribution in [0.25, 0.3) is 0 Å². The molecule has 0 saturated heterocycles. The van der Waals surface area contributed by atoms with Crippen molar-refractivity contribution in [2.45, 2.75) is 18.0 Å². The number of nitrogens with one attached hydrogen (secondary N) is 1. The number of benzene rings is 3. The fraction of sp³-hybridized carbons (Fsp3) is 0.174. The molecule has 3 aromatic carbocycles. The largest absolute Gasteiger partial charge is 0.476 e. The maximum absolute atomic E-state index is 13.2. The third-order valence-corrected chi connectivity index (χ3v) is 6.73. The molecule has 4 rings (SSSR count). The highest BCUT2D eigenvalue weighted by Gasteiger charge is 2.37. The lowest BCUT2D eigenvalue weighted by molar-refractivity contribution is -0.137. The van der Waals surface area contributed by atoms with Crippen molar-refractivity contribution in [3.63, 3.8) is 0 Å². The van der Waals surface area contributed by atoms with Crippen molar-refractivity contribution in [2.75, 3.05) is 16.2 Å². The van der Waals surface area contributed by atoms with E-state index in [0.29, 0.717) is 5.56 Å². The smallest absolute Gasteiger partial charge is 0.416 e. The molecule has 0 bridgehead atoms. The molecule has 0 radical (unpaired) electrons. The third kappa shape index (κ3) is 5.11. The van der Waals surface area contributed by atoms with Gasteiger partial charge in [0.25, 0.3) is 5.91 Å². The quantitative estimate of drug-likeness (QED) is 0.591. The molecule has 1 aliphatic heterocycles. The molecule has 0 aromatic heterocycles. The van der Waals surface area contributed by atoms with Crippen LogP contribution in [0.2, 0.25) is 0 Å². The summed E-state index contributed by atoms with van der Waals surface area (Å²) in [5, 5.41) is 2.39. The molecule has 1 aliphatic rings. The van der Waals surface area contributed by atoms with E-state index in [9.17, 15) is 26.4 Å². The standard InChI is InChI=1S/C23H19F3N2O4S/c24-23(25,26)17-9-6-10-18(13-17)27-22(29)21-14-28(19-11-4-5-12-20(19)32-21)33(30,31)15-16-7-2-1-3-8-16/h1-13,21H,14-15H2,(H,27,29). The van der Waals surface area contributed by atoms with Crippen molar-refractivity contribution in [2.24, 2.45) is 0 Å². The highest BCUT2D eigenvalue weighted by Crippen LogP contribution is 2.36. The molecule has 1 amide bonds. The summed E-state index contributed by atoms with van der Waals surface area (Å²) in [6.07, 6.45) is -5.83. The lowest BCUT2D eigenvalue weighted by Gasteiger charge is -2.34. The number of fused-ring (bicyclic) bond motifs is 1. The predicted octanol–water partition coefficient (Wildman–Crippen LogP) is 4.44. The van der Waals surface area contributed by atoms with Crippen molar-refractivity contribution in [3.05, 3.63) is 90.0 Å². The van der Waals surface area contributed by atoms with Crippen molar-refractivity contribution < 1.29 is 31.1 Å². The number of sulfonamides is 1. The number of alkyl halides is 3. The molecule has 0 fully saturated rings. The van der Waals surface area contributed by atoms with Gasteiger partial charge < -0.3 is 10.1 Å². The first kappa shape index (κ1) is 22.7. The van der Waals surface area contributed by atoms with Crippen LogP contribution in [0, 0.1) is 0 Å². The first-order valence-electron chi connectivity index (χ1n) is 9.92. The molecule has 172 valence electrons. The Balaban J connectivity index is 1.59. The number of anilines is 2. The van der Waals surface area contributed by atoms with Gasteiger partial charge in [0.1, 0.15) is 5.75 Å². The molecule has 1 N–H and O–H groups in total. The number of amides is 1. The van der Waals surface area contributed by atoms with E-state index >= 15 is 0 Å². The number of rotatable bonds is 5. The number of ether oxygens (including phenoxy) is 1. The highest BCUT2D eigenvalue weighted by atomic mass is 32.2. The van der Waals surface area contributed by atoms with Gasteiger partial charge in [-0.15, -0.1) is 0 Å². The summed E-state index contributed by atoms with van der Waals surface area (Å²) in [6.45, 7) is -0.322. The Morgan fingerprint density at radius 2 is 1.70 bits per heavy atom. The van der Waals surface area contributed by atoms with Gasteiger partial charge in [-0.1, -0.05) is 48.5 Å². The van der Waals surface area contributed by atoms with E-state index in [1.165, 1.54) is 18.2 Å². The third-order valence-electron chi connectivity index (χ3n) is 5.01. The van der Waals surface area contributed by atoms with E-state index in [-0.39, 0.29) is 29.4 Å². The Morgan fingerprint density at radius 1 is 1.00 bits per heavy atom. The predicted molar refractivity (Wildman–Crippen MR) is 117 cm³/mol. The number of hydrogen-bond donors (Lipinski definition) is 1. The molecule has 0 aliphatic carbocycles. The number of hydrogen-bond acceptors (Lipinski definition) is 4. The Kier molecular flexibility index (Phi) is 6.03. The minimum Gasteiger partial charge on any atom is -0.476 e. The van der Waals surface area contributed by atoms with Crippen molar-refractivity contribution in [1.82, 2.24) is 0 Å². The first-order chi connectivity index (χ1) is 15.6. The van der Waals surface area contributed by atoms with Crippen LogP contribution < -0.4 is 14.4 Å². The molecular formula is C23H19F3N2O4S. The van der Waals surface area contributed by atoms with Crippen LogP contribution in [0.5, 0.6) is 5.75 Å². The second-order valence-electron chi connectivity index (χ2n) is 7.41. The van der Waals surface area contributed by atoms with Gasteiger partial charge in [0.05, 0.1) is 23.5 Å². The van der Waals surface area contributed by atoms with Crippen molar-refractivity contribution >= 4 is 27.3 Å². The molecule has 10 heteroatoms. The number of carbonyl (C=O) groups excluding carboxylic acids is 1. The zero-order valence-electron chi connectivity index (χ0n) is 17.1. The van der Waals surface area contributed by atoms with Crippen LogP contribution in [0.3, 0.4) is 0 Å². The fourth-order valence-corrected chi connectivity index (χ4v) is 5.04. The lowest BCUT2D eigenvalue weighted by atomic mass is 10.1.